The number of aliphatic hydroxyl groups is 1. The van der Waals surface area contributed by atoms with Gasteiger partial charge in [0.15, 0.2) is 11.5 Å². The van der Waals surface area contributed by atoms with Crippen molar-refractivity contribution in [3.8, 4) is 17.1 Å². The Morgan fingerprint density at radius 2 is 1.95 bits per heavy atom. The summed E-state index contributed by atoms with van der Waals surface area (Å²) in [5.41, 5.74) is 1.56. The zero-order chi connectivity index (χ0) is 14.7. The minimum atomic E-state index is 0.0488. The average Bonchev–Trinajstić information content (AvgIpc) is 2.96. The summed E-state index contributed by atoms with van der Waals surface area (Å²) in [6.07, 6.45) is 0. The zero-order valence-corrected chi connectivity index (χ0v) is 11.5. The van der Waals surface area contributed by atoms with Crippen LogP contribution in [0.15, 0.2) is 36.4 Å². The Morgan fingerprint density at radius 3 is 2.67 bits per heavy atom. The van der Waals surface area contributed by atoms with Gasteiger partial charge in [-0.25, -0.2) is 0 Å². The summed E-state index contributed by atoms with van der Waals surface area (Å²) in [6.45, 7) is 0.492. The van der Waals surface area contributed by atoms with Gasteiger partial charge in [-0.2, -0.15) is 4.52 Å². The maximum absolute atomic E-state index is 8.85. The van der Waals surface area contributed by atoms with Gasteiger partial charge in [0.2, 0.25) is 0 Å². The van der Waals surface area contributed by atoms with E-state index in [1.165, 1.54) is 0 Å². The SMILES string of the molecule is COc1ccc(-c2nnc3ccc(NCCO)nn23)cc1. The molecule has 0 spiro atoms. The summed E-state index contributed by atoms with van der Waals surface area (Å²) in [7, 11) is 1.63. The van der Waals surface area contributed by atoms with Crippen LogP contribution in [0.1, 0.15) is 0 Å². The first-order valence-corrected chi connectivity index (χ1v) is 6.53. The summed E-state index contributed by atoms with van der Waals surface area (Å²) in [5, 5.41) is 24.6. The highest BCUT2D eigenvalue weighted by Crippen LogP contribution is 2.21. The average molecular weight is 285 g/mol. The van der Waals surface area contributed by atoms with Gasteiger partial charge < -0.3 is 15.2 Å². The molecule has 0 saturated heterocycles. The van der Waals surface area contributed by atoms with Gasteiger partial charge in [0.1, 0.15) is 11.6 Å². The van der Waals surface area contributed by atoms with Crippen molar-refractivity contribution >= 4 is 11.5 Å². The number of ether oxygens (including phenoxy) is 1. The lowest BCUT2D eigenvalue weighted by Crippen LogP contribution is -2.08. The summed E-state index contributed by atoms with van der Waals surface area (Å²) >= 11 is 0. The number of nitrogens with zero attached hydrogens (tertiary/aromatic N) is 4. The van der Waals surface area contributed by atoms with E-state index in [1.54, 1.807) is 17.7 Å². The first-order valence-electron chi connectivity index (χ1n) is 6.53. The van der Waals surface area contributed by atoms with Crippen LogP contribution in [0, 0.1) is 0 Å². The third-order valence-electron chi connectivity index (χ3n) is 3.03. The van der Waals surface area contributed by atoms with Crippen LogP contribution in [0.5, 0.6) is 5.75 Å². The van der Waals surface area contributed by atoms with Crippen LogP contribution in [0.3, 0.4) is 0 Å². The largest absolute Gasteiger partial charge is 0.497 e. The van der Waals surface area contributed by atoms with E-state index in [4.69, 9.17) is 9.84 Å². The molecule has 0 aliphatic carbocycles. The van der Waals surface area contributed by atoms with Crippen molar-refractivity contribution in [1.82, 2.24) is 19.8 Å². The monoisotopic (exact) mass is 285 g/mol. The van der Waals surface area contributed by atoms with Gasteiger partial charge in [0.25, 0.3) is 0 Å². The Bertz CT molecular complexity index is 739. The van der Waals surface area contributed by atoms with Crippen LogP contribution < -0.4 is 10.1 Å². The lowest BCUT2D eigenvalue weighted by atomic mass is 10.2. The molecule has 0 aliphatic heterocycles. The molecule has 7 nitrogen and oxygen atoms in total. The van der Waals surface area contributed by atoms with E-state index in [2.05, 4.69) is 20.6 Å². The van der Waals surface area contributed by atoms with E-state index in [1.807, 2.05) is 30.3 Å². The predicted molar refractivity (Wildman–Crippen MR) is 78.3 cm³/mol. The third kappa shape index (κ3) is 2.63. The van der Waals surface area contributed by atoms with E-state index in [0.29, 0.717) is 23.8 Å². The number of rotatable bonds is 5. The van der Waals surface area contributed by atoms with E-state index < -0.39 is 0 Å². The quantitative estimate of drug-likeness (QED) is 0.733. The van der Waals surface area contributed by atoms with Crippen LogP contribution in [-0.2, 0) is 0 Å². The molecule has 0 fully saturated rings. The Morgan fingerprint density at radius 1 is 1.14 bits per heavy atom. The summed E-state index contributed by atoms with van der Waals surface area (Å²) in [6, 6.07) is 11.2. The highest BCUT2D eigenvalue weighted by atomic mass is 16.5. The van der Waals surface area contributed by atoms with Crippen LogP contribution in [0.4, 0.5) is 5.82 Å². The molecule has 2 N–H and O–H groups in total. The fraction of sp³-hybridized carbons (Fsp3) is 0.214. The second-order valence-corrected chi connectivity index (χ2v) is 4.39. The number of aromatic nitrogens is 4. The van der Waals surface area contributed by atoms with Crippen molar-refractivity contribution in [3.05, 3.63) is 36.4 Å². The first-order chi connectivity index (χ1) is 10.3. The maximum atomic E-state index is 8.85. The van der Waals surface area contributed by atoms with Gasteiger partial charge >= 0.3 is 0 Å². The maximum Gasteiger partial charge on any atom is 0.185 e. The molecule has 3 rings (SSSR count). The fourth-order valence-electron chi connectivity index (χ4n) is 1.99. The molecule has 0 saturated carbocycles. The molecule has 0 atom stereocenters. The van der Waals surface area contributed by atoms with Gasteiger partial charge in [-0.3, -0.25) is 0 Å². The van der Waals surface area contributed by atoms with Gasteiger partial charge in [0.05, 0.1) is 13.7 Å². The molecule has 0 amide bonds. The minimum Gasteiger partial charge on any atom is -0.497 e. The normalized spacial score (nSPS) is 10.8. The number of hydrogen-bond acceptors (Lipinski definition) is 6. The zero-order valence-electron chi connectivity index (χ0n) is 11.5. The Labute approximate surface area is 121 Å². The number of anilines is 1. The van der Waals surface area contributed by atoms with Crippen LogP contribution >= 0.6 is 0 Å². The number of nitrogens with one attached hydrogen (secondary N) is 1. The number of aliphatic hydroxyl groups excluding tert-OH is 1. The second kappa shape index (κ2) is 5.76. The molecule has 108 valence electrons. The predicted octanol–water partition coefficient (Wildman–Crippen LogP) is 1.20. The molecule has 1 aromatic carbocycles. The smallest absolute Gasteiger partial charge is 0.185 e. The highest BCUT2D eigenvalue weighted by Gasteiger charge is 2.10. The molecule has 2 aromatic heterocycles. The van der Waals surface area contributed by atoms with Gasteiger partial charge in [-0.05, 0) is 36.4 Å². The lowest BCUT2D eigenvalue weighted by Gasteiger charge is -2.05. The van der Waals surface area contributed by atoms with Gasteiger partial charge in [-0.1, -0.05) is 0 Å². The molecule has 7 heteroatoms. The van der Waals surface area contributed by atoms with E-state index >= 15 is 0 Å². The standard InChI is InChI=1S/C14H15N5O2/c1-21-11-4-2-10(3-5-11)14-17-16-13-7-6-12(15-8-9-20)18-19(13)14/h2-7,20H,8-9H2,1H3,(H,15,18). The molecular weight excluding hydrogens is 270 g/mol. The molecule has 0 bridgehead atoms. The molecule has 0 radical (unpaired) electrons. The van der Waals surface area contributed by atoms with Crippen molar-refractivity contribution < 1.29 is 9.84 Å². The highest BCUT2D eigenvalue weighted by molar-refractivity contribution is 5.60. The van der Waals surface area contributed by atoms with Crippen LogP contribution in [0.25, 0.3) is 17.0 Å². The molecule has 2 heterocycles. The summed E-state index contributed by atoms with van der Waals surface area (Å²) in [5.74, 6) is 2.09. The third-order valence-corrected chi connectivity index (χ3v) is 3.03. The van der Waals surface area contributed by atoms with Crippen molar-refractivity contribution in [2.75, 3.05) is 25.6 Å². The van der Waals surface area contributed by atoms with E-state index in [9.17, 15) is 0 Å². The molecule has 21 heavy (non-hydrogen) atoms. The van der Waals surface area contributed by atoms with Crippen LogP contribution in [-0.4, -0.2) is 45.2 Å². The topological polar surface area (TPSA) is 84.6 Å². The van der Waals surface area contributed by atoms with Gasteiger partial charge in [0, 0.05) is 12.1 Å². The minimum absolute atomic E-state index is 0.0488. The number of methoxy groups -OCH3 is 1. The van der Waals surface area contributed by atoms with Gasteiger partial charge in [-0.15, -0.1) is 15.3 Å². The summed E-state index contributed by atoms with van der Waals surface area (Å²) < 4.78 is 6.81. The van der Waals surface area contributed by atoms with Crippen molar-refractivity contribution in [2.45, 2.75) is 0 Å². The molecule has 0 aliphatic rings. The van der Waals surface area contributed by atoms with Crippen LogP contribution in [0.2, 0.25) is 0 Å². The Hall–Kier alpha value is -2.67. The first kappa shape index (κ1) is 13.3. The number of benzene rings is 1. The molecule has 0 unspecified atom stereocenters. The lowest BCUT2D eigenvalue weighted by molar-refractivity contribution is 0.311. The Kier molecular flexibility index (Phi) is 3.65. The summed E-state index contributed by atoms with van der Waals surface area (Å²) in [4.78, 5) is 0. The van der Waals surface area contributed by atoms with Crippen molar-refractivity contribution in [3.63, 3.8) is 0 Å². The van der Waals surface area contributed by atoms with E-state index in [-0.39, 0.29) is 6.61 Å². The second-order valence-electron chi connectivity index (χ2n) is 4.39. The fourth-order valence-corrected chi connectivity index (χ4v) is 1.99. The van der Waals surface area contributed by atoms with Crippen molar-refractivity contribution in [1.29, 1.82) is 0 Å². The molecule has 3 aromatic rings. The molecular formula is C14H15N5O2. The number of fused-ring (bicyclic) bond motifs is 1. The van der Waals surface area contributed by atoms with E-state index in [0.717, 1.165) is 11.3 Å². The Balaban J connectivity index is 2.00. The number of hydrogen-bond donors (Lipinski definition) is 2. The van der Waals surface area contributed by atoms with Crippen molar-refractivity contribution in [2.24, 2.45) is 0 Å².